The molecule has 0 unspecified atom stereocenters. The molecule has 0 aliphatic heterocycles. The van der Waals surface area contributed by atoms with Crippen LogP contribution in [0.25, 0.3) is 11.1 Å². The number of aryl methyl sites for hydroxylation is 1. The zero-order chi connectivity index (χ0) is 11.7. The largest absolute Gasteiger partial charge is 0.207 e. The average molecular weight is 218 g/mol. The molecule has 2 aromatic carbocycles. The maximum Gasteiger partial charge on any atom is 0.126 e. The first-order chi connectivity index (χ1) is 7.58. The lowest BCUT2D eigenvalue weighted by molar-refractivity contribution is 0.584. The molecule has 16 heavy (non-hydrogen) atoms. The van der Waals surface area contributed by atoms with Crippen LogP contribution in [-0.4, -0.2) is 0 Å². The Morgan fingerprint density at radius 3 is 2.12 bits per heavy atom. The van der Waals surface area contributed by atoms with Gasteiger partial charge in [0.1, 0.15) is 11.6 Å². The first kappa shape index (κ1) is 10.8. The molecule has 0 saturated heterocycles. The molecule has 0 aliphatic carbocycles. The Hall–Kier alpha value is -1.70. The van der Waals surface area contributed by atoms with Crippen molar-refractivity contribution in [3.63, 3.8) is 0 Å². The van der Waals surface area contributed by atoms with Crippen molar-refractivity contribution in [2.24, 2.45) is 0 Å². The standard InChI is InChI=1S/C14H12F2/c1-9-4-3-5-14(10(9)2)11-6-12(15)8-13(16)7-11/h3-8H,1-2H3. The van der Waals surface area contributed by atoms with E-state index >= 15 is 0 Å². The average Bonchev–Trinajstić information content (AvgIpc) is 2.20. The molecule has 0 bridgehead atoms. The third kappa shape index (κ3) is 1.96. The van der Waals surface area contributed by atoms with Crippen molar-refractivity contribution in [1.82, 2.24) is 0 Å². The monoisotopic (exact) mass is 218 g/mol. The van der Waals surface area contributed by atoms with Gasteiger partial charge in [-0.1, -0.05) is 18.2 Å². The fraction of sp³-hybridized carbons (Fsp3) is 0.143. The topological polar surface area (TPSA) is 0 Å². The number of hydrogen-bond donors (Lipinski definition) is 0. The second-order valence-corrected chi connectivity index (χ2v) is 3.91. The van der Waals surface area contributed by atoms with Crippen LogP contribution in [0.4, 0.5) is 8.78 Å². The van der Waals surface area contributed by atoms with E-state index < -0.39 is 11.6 Å². The van der Waals surface area contributed by atoms with Crippen LogP contribution >= 0.6 is 0 Å². The Labute approximate surface area is 93.5 Å². The van der Waals surface area contributed by atoms with Gasteiger partial charge in [-0.25, -0.2) is 8.78 Å². The van der Waals surface area contributed by atoms with Crippen LogP contribution in [0.5, 0.6) is 0 Å². The predicted octanol–water partition coefficient (Wildman–Crippen LogP) is 4.25. The lowest BCUT2D eigenvalue weighted by Crippen LogP contribution is -1.89. The Morgan fingerprint density at radius 1 is 0.875 bits per heavy atom. The molecule has 0 aliphatic rings. The van der Waals surface area contributed by atoms with Crippen molar-refractivity contribution in [2.45, 2.75) is 13.8 Å². The van der Waals surface area contributed by atoms with Gasteiger partial charge in [0, 0.05) is 6.07 Å². The van der Waals surface area contributed by atoms with Crippen LogP contribution in [-0.2, 0) is 0 Å². The van der Waals surface area contributed by atoms with Gasteiger partial charge in [-0.05, 0) is 48.2 Å². The smallest absolute Gasteiger partial charge is 0.126 e. The summed E-state index contributed by atoms with van der Waals surface area (Å²) in [6.45, 7) is 3.93. The Balaban J connectivity index is 2.63. The lowest BCUT2D eigenvalue weighted by Gasteiger charge is -2.08. The van der Waals surface area contributed by atoms with E-state index in [0.717, 1.165) is 22.8 Å². The van der Waals surface area contributed by atoms with E-state index in [1.54, 1.807) is 0 Å². The zero-order valence-corrected chi connectivity index (χ0v) is 9.22. The van der Waals surface area contributed by atoms with E-state index in [0.29, 0.717) is 5.56 Å². The molecule has 0 radical (unpaired) electrons. The third-order valence-corrected chi connectivity index (χ3v) is 2.78. The van der Waals surface area contributed by atoms with Gasteiger partial charge in [-0.15, -0.1) is 0 Å². The number of rotatable bonds is 1. The molecule has 2 rings (SSSR count). The van der Waals surface area contributed by atoms with Gasteiger partial charge in [0.2, 0.25) is 0 Å². The maximum absolute atomic E-state index is 13.1. The molecular weight excluding hydrogens is 206 g/mol. The molecule has 82 valence electrons. The van der Waals surface area contributed by atoms with Crippen LogP contribution in [0.2, 0.25) is 0 Å². The van der Waals surface area contributed by atoms with Crippen LogP contribution in [0.15, 0.2) is 36.4 Å². The van der Waals surface area contributed by atoms with Gasteiger partial charge in [-0.2, -0.15) is 0 Å². The normalized spacial score (nSPS) is 10.5. The van der Waals surface area contributed by atoms with Crippen molar-refractivity contribution in [2.75, 3.05) is 0 Å². The highest BCUT2D eigenvalue weighted by atomic mass is 19.1. The fourth-order valence-electron chi connectivity index (χ4n) is 1.77. The summed E-state index contributed by atoms with van der Waals surface area (Å²) < 4.78 is 26.2. The first-order valence-corrected chi connectivity index (χ1v) is 5.10. The van der Waals surface area contributed by atoms with Crippen molar-refractivity contribution in [3.8, 4) is 11.1 Å². The molecule has 0 amide bonds. The molecule has 2 aromatic rings. The van der Waals surface area contributed by atoms with Gasteiger partial charge in [-0.3, -0.25) is 0 Å². The van der Waals surface area contributed by atoms with Crippen LogP contribution < -0.4 is 0 Å². The third-order valence-electron chi connectivity index (χ3n) is 2.78. The minimum absolute atomic E-state index is 0.545. The maximum atomic E-state index is 13.1. The van der Waals surface area contributed by atoms with E-state index in [1.807, 2.05) is 32.0 Å². The van der Waals surface area contributed by atoms with E-state index in [9.17, 15) is 8.78 Å². The van der Waals surface area contributed by atoms with Crippen molar-refractivity contribution in [3.05, 3.63) is 59.2 Å². The summed E-state index contributed by atoms with van der Waals surface area (Å²) in [5, 5.41) is 0. The highest BCUT2D eigenvalue weighted by Gasteiger charge is 2.06. The quantitative estimate of drug-likeness (QED) is 0.671. The van der Waals surface area contributed by atoms with Crippen LogP contribution in [0, 0.1) is 25.5 Å². The molecule has 0 spiro atoms. The van der Waals surface area contributed by atoms with Crippen LogP contribution in [0.3, 0.4) is 0 Å². The predicted molar refractivity (Wildman–Crippen MR) is 61.3 cm³/mol. The molecule has 0 fully saturated rings. The summed E-state index contributed by atoms with van der Waals surface area (Å²) in [4.78, 5) is 0. The van der Waals surface area contributed by atoms with Crippen molar-refractivity contribution >= 4 is 0 Å². The molecule has 0 heterocycles. The van der Waals surface area contributed by atoms with E-state index in [4.69, 9.17) is 0 Å². The Bertz CT molecular complexity index is 510. The molecule has 0 nitrogen and oxygen atoms in total. The van der Waals surface area contributed by atoms with Gasteiger partial charge >= 0.3 is 0 Å². The van der Waals surface area contributed by atoms with Crippen LogP contribution in [0.1, 0.15) is 11.1 Å². The molecule has 2 heteroatoms. The van der Waals surface area contributed by atoms with E-state index in [1.165, 1.54) is 12.1 Å². The summed E-state index contributed by atoms with van der Waals surface area (Å²) in [6, 6.07) is 9.33. The summed E-state index contributed by atoms with van der Waals surface area (Å²) in [5.41, 5.74) is 3.62. The van der Waals surface area contributed by atoms with E-state index in [2.05, 4.69) is 0 Å². The van der Waals surface area contributed by atoms with Gasteiger partial charge < -0.3 is 0 Å². The zero-order valence-electron chi connectivity index (χ0n) is 9.22. The van der Waals surface area contributed by atoms with Crippen molar-refractivity contribution in [1.29, 1.82) is 0 Å². The number of halogens is 2. The molecule has 0 aromatic heterocycles. The lowest BCUT2D eigenvalue weighted by atomic mass is 9.97. The summed E-state index contributed by atoms with van der Waals surface area (Å²) in [5.74, 6) is -1.09. The number of hydrogen-bond acceptors (Lipinski definition) is 0. The highest BCUT2D eigenvalue weighted by Crippen LogP contribution is 2.26. The van der Waals surface area contributed by atoms with Gasteiger partial charge in [0.25, 0.3) is 0 Å². The number of benzene rings is 2. The first-order valence-electron chi connectivity index (χ1n) is 5.10. The van der Waals surface area contributed by atoms with Gasteiger partial charge in [0.05, 0.1) is 0 Å². The van der Waals surface area contributed by atoms with Crippen molar-refractivity contribution < 1.29 is 8.78 Å². The second-order valence-electron chi connectivity index (χ2n) is 3.91. The minimum Gasteiger partial charge on any atom is -0.207 e. The molecular formula is C14H12F2. The molecule has 0 N–H and O–H groups in total. The highest BCUT2D eigenvalue weighted by molar-refractivity contribution is 5.68. The van der Waals surface area contributed by atoms with E-state index in [-0.39, 0.29) is 0 Å². The molecule has 0 atom stereocenters. The Kier molecular flexibility index (Phi) is 2.73. The Morgan fingerprint density at radius 2 is 1.50 bits per heavy atom. The fourth-order valence-corrected chi connectivity index (χ4v) is 1.77. The molecule has 0 saturated carbocycles. The summed E-state index contributed by atoms with van der Waals surface area (Å²) in [7, 11) is 0. The second kappa shape index (κ2) is 4.05. The summed E-state index contributed by atoms with van der Waals surface area (Å²) in [6.07, 6.45) is 0. The minimum atomic E-state index is -0.545. The van der Waals surface area contributed by atoms with Gasteiger partial charge in [0.15, 0.2) is 0 Å². The SMILES string of the molecule is Cc1cccc(-c2cc(F)cc(F)c2)c1C. The summed E-state index contributed by atoms with van der Waals surface area (Å²) >= 11 is 0.